The molecule has 8 heteroatoms. The molecular weight excluding hydrogens is 464 g/mol. The van der Waals surface area contributed by atoms with Gasteiger partial charge in [0.15, 0.2) is 0 Å². The third kappa shape index (κ3) is 7.39. The molecule has 3 rings (SSSR count). The molecule has 35 heavy (non-hydrogen) atoms. The van der Waals surface area contributed by atoms with Gasteiger partial charge in [0.25, 0.3) is 0 Å². The van der Waals surface area contributed by atoms with Crippen LogP contribution in [0.15, 0.2) is 72.9 Å². The Balaban J connectivity index is 1.93. The lowest BCUT2D eigenvalue weighted by atomic mass is 10.0. The topological polar surface area (TPSA) is 91.4 Å². The van der Waals surface area contributed by atoms with Crippen LogP contribution in [-0.4, -0.2) is 28.7 Å². The van der Waals surface area contributed by atoms with Gasteiger partial charge in [-0.2, -0.15) is 0 Å². The number of rotatable bonds is 9. The second-order valence-corrected chi connectivity index (χ2v) is 8.92. The first kappa shape index (κ1) is 25.9. The highest BCUT2D eigenvalue weighted by Gasteiger charge is 2.33. The van der Waals surface area contributed by atoms with Gasteiger partial charge in [-0.25, -0.2) is 4.98 Å². The SMILES string of the molecule is Cc1cccc(N(C(=O)CCC(=O)Nc2ccccn2)C(C(=O)NC(C)C)c2ccc(Cl)cc2)c1. The lowest BCUT2D eigenvalue weighted by Gasteiger charge is -2.32. The standard InChI is InChI=1S/C27H29ClN4O3/c1-18(2)30-27(35)26(20-10-12-21(28)13-11-20)32(22-8-6-7-19(3)17-22)25(34)15-14-24(33)31-23-9-4-5-16-29-23/h4-13,16-18,26H,14-15H2,1-3H3,(H,30,35)(H,29,31,33). The van der Waals surface area contributed by atoms with Gasteiger partial charge in [0, 0.05) is 35.8 Å². The van der Waals surface area contributed by atoms with E-state index < -0.39 is 6.04 Å². The summed E-state index contributed by atoms with van der Waals surface area (Å²) in [5.74, 6) is -0.604. The molecule has 2 aromatic carbocycles. The summed E-state index contributed by atoms with van der Waals surface area (Å²) in [5, 5.41) is 6.13. The zero-order chi connectivity index (χ0) is 25.4. The average molecular weight is 493 g/mol. The van der Waals surface area contributed by atoms with Crippen molar-refractivity contribution in [1.29, 1.82) is 0 Å². The highest BCUT2D eigenvalue weighted by molar-refractivity contribution is 6.30. The lowest BCUT2D eigenvalue weighted by Crippen LogP contribution is -2.46. The van der Waals surface area contributed by atoms with E-state index in [4.69, 9.17) is 11.6 Å². The molecule has 0 aliphatic rings. The van der Waals surface area contributed by atoms with Gasteiger partial charge < -0.3 is 10.6 Å². The highest BCUT2D eigenvalue weighted by Crippen LogP contribution is 2.30. The normalized spacial score (nSPS) is 11.6. The molecule has 1 aromatic heterocycles. The van der Waals surface area contributed by atoms with E-state index in [0.717, 1.165) is 5.56 Å². The second-order valence-electron chi connectivity index (χ2n) is 8.48. The fourth-order valence-corrected chi connectivity index (χ4v) is 3.75. The molecule has 3 amide bonds. The highest BCUT2D eigenvalue weighted by atomic mass is 35.5. The summed E-state index contributed by atoms with van der Waals surface area (Å²) in [7, 11) is 0. The summed E-state index contributed by atoms with van der Waals surface area (Å²) >= 11 is 6.08. The number of pyridine rings is 1. The van der Waals surface area contributed by atoms with Crippen LogP contribution < -0.4 is 15.5 Å². The Kier molecular flexibility index (Phi) is 8.98. The Bertz CT molecular complexity index is 1170. The zero-order valence-corrected chi connectivity index (χ0v) is 20.8. The van der Waals surface area contributed by atoms with Crippen molar-refractivity contribution in [2.75, 3.05) is 10.2 Å². The second kappa shape index (κ2) is 12.1. The molecule has 0 radical (unpaired) electrons. The lowest BCUT2D eigenvalue weighted by molar-refractivity contribution is -0.127. The number of carbonyl (C=O) groups excluding carboxylic acids is 3. The Morgan fingerprint density at radius 1 is 0.971 bits per heavy atom. The average Bonchev–Trinajstić information content (AvgIpc) is 2.82. The number of anilines is 2. The molecule has 0 aliphatic heterocycles. The van der Waals surface area contributed by atoms with Crippen LogP contribution in [0.2, 0.25) is 5.02 Å². The molecule has 182 valence electrons. The van der Waals surface area contributed by atoms with Crippen LogP contribution in [0.25, 0.3) is 0 Å². The van der Waals surface area contributed by atoms with Gasteiger partial charge in [0.1, 0.15) is 11.9 Å². The van der Waals surface area contributed by atoms with E-state index in [0.29, 0.717) is 22.1 Å². The first-order chi connectivity index (χ1) is 16.7. The fraction of sp³-hybridized carbons (Fsp3) is 0.259. The van der Waals surface area contributed by atoms with Crippen LogP contribution in [0, 0.1) is 6.92 Å². The van der Waals surface area contributed by atoms with E-state index >= 15 is 0 Å². The molecule has 0 saturated carbocycles. The summed E-state index contributed by atoms with van der Waals surface area (Å²) in [4.78, 5) is 45.0. The van der Waals surface area contributed by atoms with Gasteiger partial charge in [-0.3, -0.25) is 19.3 Å². The molecule has 0 spiro atoms. The van der Waals surface area contributed by atoms with E-state index in [2.05, 4.69) is 15.6 Å². The molecule has 7 nitrogen and oxygen atoms in total. The quantitative estimate of drug-likeness (QED) is 0.436. The Hall–Kier alpha value is -3.71. The maximum atomic E-state index is 13.6. The molecule has 1 unspecified atom stereocenters. The molecule has 1 atom stereocenters. The molecule has 0 aliphatic carbocycles. The first-order valence-electron chi connectivity index (χ1n) is 11.4. The van der Waals surface area contributed by atoms with Gasteiger partial charge in [-0.15, -0.1) is 0 Å². The van der Waals surface area contributed by atoms with Gasteiger partial charge >= 0.3 is 0 Å². The van der Waals surface area contributed by atoms with Crippen molar-refractivity contribution in [3.63, 3.8) is 0 Å². The van der Waals surface area contributed by atoms with E-state index in [1.807, 2.05) is 39.0 Å². The summed E-state index contributed by atoms with van der Waals surface area (Å²) in [6.07, 6.45) is 1.42. The van der Waals surface area contributed by atoms with Crippen LogP contribution in [-0.2, 0) is 14.4 Å². The Morgan fingerprint density at radius 2 is 1.71 bits per heavy atom. The fourth-order valence-electron chi connectivity index (χ4n) is 3.62. The third-order valence-corrected chi connectivity index (χ3v) is 5.42. The minimum Gasteiger partial charge on any atom is -0.352 e. The van der Waals surface area contributed by atoms with Gasteiger partial charge in [-0.1, -0.05) is 41.9 Å². The molecular formula is C27H29ClN4O3. The minimum absolute atomic E-state index is 0.0587. The molecule has 3 aromatic rings. The van der Waals surface area contributed by atoms with Crippen molar-refractivity contribution in [2.24, 2.45) is 0 Å². The molecule has 0 bridgehead atoms. The predicted molar refractivity (Wildman–Crippen MR) is 138 cm³/mol. The van der Waals surface area contributed by atoms with E-state index in [9.17, 15) is 14.4 Å². The Morgan fingerprint density at radius 3 is 2.34 bits per heavy atom. The summed E-state index contributed by atoms with van der Waals surface area (Å²) in [5.41, 5.74) is 2.12. The largest absolute Gasteiger partial charge is 0.352 e. The van der Waals surface area contributed by atoms with Gasteiger partial charge in [-0.05, 0) is 68.3 Å². The van der Waals surface area contributed by atoms with Gasteiger partial charge in [0.05, 0.1) is 0 Å². The van der Waals surface area contributed by atoms with E-state index in [1.165, 1.54) is 4.90 Å². The van der Waals surface area contributed by atoms with Crippen molar-refractivity contribution in [2.45, 2.75) is 45.7 Å². The number of hydrogen-bond acceptors (Lipinski definition) is 4. The summed E-state index contributed by atoms with van der Waals surface area (Å²) < 4.78 is 0. The van der Waals surface area contributed by atoms with Crippen molar-refractivity contribution < 1.29 is 14.4 Å². The summed E-state index contributed by atoms with van der Waals surface area (Å²) in [6, 6.07) is 18.3. The van der Waals surface area contributed by atoms with Crippen LogP contribution in [0.3, 0.4) is 0 Å². The predicted octanol–water partition coefficient (Wildman–Crippen LogP) is 5.06. The summed E-state index contributed by atoms with van der Waals surface area (Å²) in [6.45, 7) is 5.63. The van der Waals surface area contributed by atoms with Crippen molar-refractivity contribution in [3.8, 4) is 0 Å². The van der Waals surface area contributed by atoms with Crippen LogP contribution in [0.4, 0.5) is 11.5 Å². The number of benzene rings is 2. The van der Waals surface area contributed by atoms with E-state index in [-0.39, 0.29) is 36.6 Å². The minimum atomic E-state index is -0.942. The van der Waals surface area contributed by atoms with Crippen molar-refractivity contribution in [3.05, 3.63) is 89.1 Å². The number of aromatic nitrogens is 1. The maximum Gasteiger partial charge on any atom is 0.248 e. The number of nitrogens with zero attached hydrogens (tertiary/aromatic N) is 2. The number of carbonyl (C=O) groups is 3. The van der Waals surface area contributed by atoms with Gasteiger partial charge in [0.2, 0.25) is 17.7 Å². The van der Waals surface area contributed by atoms with Crippen LogP contribution >= 0.6 is 11.6 Å². The number of nitrogens with one attached hydrogen (secondary N) is 2. The number of amides is 3. The third-order valence-electron chi connectivity index (χ3n) is 5.17. The molecule has 2 N–H and O–H groups in total. The smallest absolute Gasteiger partial charge is 0.248 e. The van der Waals surface area contributed by atoms with Crippen molar-refractivity contribution in [1.82, 2.24) is 10.3 Å². The number of halogens is 1. The first-order valence-corrected chi connectivity index (χ1v) is 11.8. The van der Waals surface area contributed by atoms with Crippen LogP contribution in [0.1, 0.15) is 43.9 Å². The number of hydrogen-bond donors (Lipinski definition) is 2. The zero-order valence-electron chi connectivity index (χ0n) is 20.0. The van der Waals surface area contributed by atoms with E-state index in [1.54, 1.807) is 54.7 Å². The monoisotopic (exact) mass is 492 g/mol. The van der Waals surface area contributed by atoms with Crippen molar-refractivity contribution >= 4 is 40.8 Å². The Labute approximate surface area is 210 Å². The molecule has 0 fully saturated rings. The number of aryl methyl sites for hydroxylation is 1. The molecule has 1 heterocycles. The maximum absolute atomic E-state index is 13.6. The molecule has 0 saturated heterocycles. The van der Waals surface area contributed by atoms with Crippen LogP contribution in [0.5, 0.6) is 0 Å².